The van der Waals surface area contributed by atoms with Gasteiger partial charge in [0.15, 0.2) is 6.04 Å². The fourth-order valence-corrected chi connectivity index (χ4v) is 1.55. The van der Waals surface area contributed by atoms with Gasteiger partial charge in [-0.2, -0.15) is 0 Å². The first-order chi connectivity index (χ1) is 9.73. The third kappa shape index (κ3) is 5.95. The predicted molar refractivity (Wildman–Crippen MR) is 75.8 cm³/mol. The molecule has 0 aliphatic carbocycles. The lowest BCUT2D eigenvalue weighted by Crippen LogP contribution is -2.39. The highest BCUT2D eigenvalue weighted by molar-refractivity contribution is 6.29. The van der Waals surface area contributed by atoms with Gasteiger partial charge in [0.2, 0.25) is 0 Å². The average molecular weight is 316 g/mol. The Morgan fingerprint density at radius 1 is 1.38 bits per heavy atom. The zero-order valence-electron chi connectivity index (χ0n) is 12.3. The Hall–Kier alpha value is -1.89. The molecule has 0 radical (unpaired) electrons. The van der Waals surface area contributed by atoms with Crippen LogP contribution in [0.25, 0.3) is 0 Å². The molecule has 0 aliphatic rings. The first-order valence-electron chi connectivity index (χ1n) is 6.36. The summed E-state index contributed by atoms with van der Waals surface area (Å²) in [5.74, 6) is -0.667. The van der Waals surface area contributed by atoms with Crippen molar-refractivity contribution in [1.82, 2.24) is 15.3 Å². The van der Waals surface area contributed by atoms with Crippen LogP contribution in [0.3, 0.4) is 0 Å². The Morgan fingerprint density at radius 3 is 2.57 bits per heavy atom. The topological polar surface area (TPSA) is 90.4 Å². The van der Waals surface area contributed by atoms with Gasteiger partial charge in [0, 0.05) is 0 Å². The van der Waals surface area contributed by atoms with Crippen LogP contribution in [0.5, 0.6) is 0 Å². The molecular weight excluding hydrogens is 298 g/mol. The van der Waals surface area contributed by atoms with E-state index in [-0.39, 0.29) is 17.5 Å². The van der Waals surface area contributed by atoms with E-state index in [4.69, 9.17) is 21.1 Å². The third-order valence-electron chi connectivity index (χ3n) is 2.10. The molecule has 8 heteroatoms. The number of ether oxygens (including phenoxy) is 2. The van der Waals surface area contributed by atoms with Gasteiger partial charge in [-0.15, -0.1) is 0 Å². The summed E-state index contributed by atoms with van der Waals surface area (Å²) in [5, 5.41) is 2.51. The van der Waals surface area contributed by atoms with Crippen LogP contribution >= 0.6 is 11.6 Å². The van der Waals surface area contributed by atoms with Crippen molar-refractivity contribution >= 4 is 23.7 Å². The van der Waals surface area contributed by atoms with E-state index in [1.165, 1.54) is 12.4 Å². The smallest absolute Gasteiger partial charge is 0.408 e. The number of aromatic nitrogens is 2. The van der Waals surface area contributed by atoms with E-state index in [9.17, 15) is 9.59 Å². The van der Waals surface area contributed by atoms with Crippen LogP contribution in [-0.4, -0.2) is 34.2 Å². The van der Waals surface area contributed by atoms with Gasteiger partial charge in [0.1, 0.15) is 10.8 Å². The van der Waals surface area contributed by atoms with Gasteiger partial charge in [0.05, 0.1) is 24.7 Å². The number of nitrogens with zero attached hydrogens (tertiary/aromatic N) is 2. The zero-order chi connectivity index (χ0) is 16.0. The van der Waals surface area contributed by atoms with E-state index in [2.05, 4.69) is 15.3 Å². The molecule has 0 fully saturated rings. The lowest BCUT2D eigenvalue weighted by molar-refractivity contribution is -0.146. The second kappa shape index (κ2) is 7.21. The highest BCUT2D eigenvalue weighted by Gasteiger charge is 2.28. The molecule has 1 aromatic rings. The molecule has 1 aromatic heterocycles. The molecule has 0 saturated carbocycles. The molecule has 116 valence electrons. The Bertz CT molecular complexity index is 516. The highest BCUT2D eigenvalue weighted by Crippen LogP contribution is 2.15. The number of esters is 1. The van der Waals surface area contributed by atoms with Crippen LogP contribution in [0.4, 0.5) is 4.79 Å². The van der Waals surface area contributed by atoms with E-state index in [1.54, 1.807) is 27.7 Å². The Morgan fingerprint density at radius 2 is 2.05 bits per heavy atom. The molecular formula is C13H18ClN3O4. The average Bonchev–Trinajstić information content (AvgIpc) is 2.34. The minimum atomic E-state index is -1.13. The van der Waals surface area contributed by atoms with Crippen LogP contribution in [0.15, 0.2) is 12.4 Å². The number of carbonyl (C=O) groups is 2. The minimum Gasteiger partial charge on any atom is -0.464 e. The summed E-state index contributed by atoms with van der Waals surface area (Å²) in [6, 6.07) is -1.13. The first kappa shape index (κ1) is 17.2. The summed E-state index contributed by atoms with van der Waals surface area (Å²) in [5.41, 5.74) is -0.518. The largest absolute Gasteiger partial charge is 0.464 e. The van der Waals surface area contributed by atoms with Gasteiger partial charge >= 0.3 is 12.1 Å². The molecule has 1 N–H and O–H groups in total. The van der Waals surface area contributed by atoms with Crippen molar-refractivity contribution in [1.29, 1.82) is 0 Å². The minimum absolute atomic E-state index is 0.104. The summed E-state index contributed by atoms with van der Waals surface area (Å²) >= 11 is 5.74. The Kier molecular flexibility index (Phi) is 5.90. The monoisotopic (exact) mass is 315 g/mol. The van der Waals surface area contributed by atoms with Gasteiger partial charge in [-0.25, -0.2) is 14.6 Å². The molecule has 0 spiro atoms. The Labute approximate surface area is 128 Å². The number of hydrogen-bond donors (Lipinski definition) is 1. The number of alkyl carbamates (subject to hydrolysis) is 1. The SMILES string of the molecule is CCOC(=O)[C@H](NC(=O)OC(C)(C)C)c1cncc(Cl)n1. The van der Waals surface area contributed by atoms with Crippen molar-refractivity contribution in [2.45, 2.75) is 39.3 Å². The van der Waals surface area contributed by atoms with E-state index < -0.39 is 23.7 Å². The van der Waals surface area contributed by atoms with Crippen molar-refractivity contribution in [2.24, 2.45) is 0 Å². The van der Waals surface area contributed by atoms with Crippen molar-refractivity contribution in [3.05, 3.63) is 23.2 Å². The number of halogens is 1. The Balaban J connectivity index is 2.93. The summed E-state index contributed by atoms with van der Waals surface area (Å²) < 4.78 is 10.0. The quantitative estimate of drug-likeness (QED) is 0.857. The summed E-state index contributed by atoms with van der Waals surface area (Å²) in [6.07, 6.45) is 1.88. The van der Waals surface area contributed by atoms with Gasteiger partial charge < -0.3 is 14.8 Å². The fourth-order valence-electron chi connectivity index (χ4n) is 1.40. The number of hydrogen-bond acceptors (Lipinski definition) is 6. The number of amides is 1. The molecule has 1 atom stereocenters. The molecule has 1 rings (SSSR count). The van der Waals surface area contributed by atoms with Gasteiger partial charge in [-0.1, -0.05) is 11.6 Å². The lowest BCUT2D eigenvalue weighted by Gasteiger charge is -2.22. The maximum atomic E-state index is 12.0. The highest BCUT2D eigenvalue weighted by atomic mass is 35.5. The summed E-state index contributed by atoms with van der Waals surface area (Å²) in [4.78, 5) is 31.6. The molecule has 1 heterocycles. The summed E-state index contributed by atoms with van der Waals surface area (Å²) in [6.45, 7) is 6.97. The van der Waals surface area contributed by atoms with Crippen LogP contribution in [0.1, 0.15) is 39.4 Å². The van der Waals surface area contributed by atoms with Gasteiger partial charge in [-0.05, 0) is 27.7 Å². The molecule has 0 bridgehead atoms. The van der Waals surface area contributed by atoms with E-state index in [0.717, 1.165) is 0 Å². The predicted octanol–water partition coefficient (Wildman–Crippen LogP) is 2.26. The van der Waals surface area contributed by atoms with Crippen LogP contribution < -0.4 is 5.32 Å². The normalized spacial score (nSPS) is 12.4. The van der Waals surface area contributed by atoms with E-state index in [0.29, 0.717) is 0 Å². The second-order valence-electron chi connectivity index (χ2n) is 5.10. The number of carbonyl (C=O) groups excluding carboxylic acids is 2. The first-order valence-corrected chi connectivity index (χ1v) is 6.74. The van der Waals surface area contributed by atoms with Gasteiger partial charge in [-0.3, -0.25) is 4.98 Å². The van der Waals surface area contributed by atoms with Crippen LogP contribution in [0, 0.1) is 0 Å². The second-order valence-corrected chi connectivity index (χ2v) is 5.49. The summed E-state index contributed by atoms with van der Waals surface area (Å²) in [7, 11) is 0. The molecule has 0 aromatic carbocycles. The lowest BCUT2D eigenvalue weighted by atomic mass is 10.2. The van der Waals surface area contributed by atoms with E-state index >= 15 is 0 Å². The molecule has 7 nitrogen and oxygen atoms in total. The maximum absolute atomic E-state index is 12.0. The van der Waals surface area contributed by atoms with Gasteiger partial charge in [0.25, 0.3) is 0 Å². The third-order valence-corrected chi connectivity index (χ3v) is 2.29. The molecule has 1 amide bonds. The fraction of sp³-hybridized carbons (Fsp3) is 0.538. The van der Waals surface area contributed by atoms with Crippen molar-refractivity contribution in [2.75, 3.05) is 6.61 Å². The number of nitrogens with one attached hydrogen (secondary N) is 1. The number of rotatable bonds is 4. The zero-order valence-corrected chi connectivity index (χ0v) is 13.1. The van der Waals surface area contributed by atoms with Crippen molar-refractivity contribution in [3.8, 4) is 0 Å². The van der Waals surface area contributed by atoms with Crippen molar-refractivity contribution < 1.29 is 19.1 Å². The molecule has 0 unspecified atom stereocenters. The molecule has 0 aliphatic heterocycles. The molecule has 0 saturated heterocycles. The van der Waals surface area contributed by atoms with Crippen molar-refractivity contribution in [3.63, 3.8) is 0 Å². The van der Waals surface area contributed by atoms with Crippen LogP contribution in [-0.2, 0) is 14.3 Å². The maximum Gasteiger partial charge on any atom is 0.408 e. The van der Waals surface area contributed by atoms with E-state index in [1.807, 2.05) is 0 Å². The van der Waals surface area contributed by atoms with Crippen LogP contribution in [0.2, 0.25) is 5.15 Å². The standard InChI is InChI=1S/C13H18ClN3O4/c1-5-20-11(18)10(8-6-15-7-9(14)16-8)17-12(19)21-13(2,3)4/h6-7,10H,5H2,1-4H3,(H,17,19)/t10-/m1/s1. The molecule has 21 heavy (non-hydrogen) atoms.